The standard InChI is InChI=1S/C16H26N2O5/c17-15(21)23-13-7-3-4-9-16(22,10-8-13)14(20)18-11-5-1-2-6-12-19/h3,7,12-13,22H,1-2,4-6,8-11H2,(H2,17,21)(H,18,20)/b7-3+/t13?,16-/m0/s1. The van der Waals surface area contributed by atoms with Gasteiger partial charge in [-0.05, 0) is 44.6 Å². The van der Waals surface area contributed by atoms with Crippen molar-refractivity contribution in [3.63, 3.8) is 0 Å². The quantitative estimate of drug-likeness (QED) is 0.352. The number of primary amides is 1. The SMILES string of the molecule is NC(=O)OC1/C=C/CC[C@@](O)(C(=O)NCCCCCC=O)CC1. The van der Waals surface area contributed by atoms with Crippen LogP contribution in [0.3, 0.4) is 0 Å². The lowest BCUT2D eigenvalue weighted by atomic mass is 9.87. The summed E-state index contributed by atoms with van der Waals surface area (Å²) in [5.74, 6) is -0.402. The number of aliphatic hydroxyl groups is 1. The Morgan fingerprint density at radius 3 is 2.83 bits per heavy atom. The topological polar surface area (TPSA) is 119 Å². The summed E-state index contributed by atoms with van der Waals surface area (Å²) < 4.78 is 4.92. The Bertz CT molecular complexity index is 438. The maximum absolute atomic E-state index is 12.2. The summed E-state index contributed by atoms with van der Waals surface area (Å²) in [4.78, 5) is 33.2. The van der Waals surface area contributed by atoms with E-state index in [0.717, 1.165) is 25.5 Å². The Kier molecular flexibility index (Phi) is 8.32. The van der Waals surface area contributed by atoms with Gasteiger partial charge in [-0.3, -0.25) is 4.79 Å². The molecule has 0 aromatic heterocycles. The number of allylic oxidation sites excluding steroid dienone is 1. The van der Waals surface area contributed by atoms with Gasteiger partial charge < -0.3 is 25.7 Å². The highest BCUT2D eigenvalue weighted by atomic mass is 16.6. The minimum absolute atomic E-state index is 0.201. The number of hydrogen-bond acceptors (Lipinski definition) is 5. The minimum atomic E-state index is -1.47. The number of aldehydes is 1. The molecule has 0 aliphatic heterocycles. The fourth-order valence-corrected chi connectivity index (χ4v) is 2.54. The van der Waals surface area contributed by atoms with E-state index in [1.54, 1.807) is 12.2 Å². The molecule has 0 fully saturated rings. The van der Waals surface area contributed by atoms with E-state index in [1.165, 1.54) is 0 Å². The third kappa shape index (κ3) is 7.27. The predicted octanol–water partition coefficient (Wildman–Crippen LogP) is 1.19. The number of carbonyl (C=O) groups is 3. The molecule has 0 saturated carbocycles. The van der Waals surface area contributed by atoms with Crippen LogP contribution in [-0.2, 0) is 14.3 Å². The van der Waals surface area contributed by atoms with E-state index in [-0.39, 0.29) is 6.42 Å². The van der Waals surface area contributed by atoms with Gasteiger partial charge in [-0.15, -0.1) is 0 Å². The molecule has 4 N–H and O–H groups in total. The molecule has 0 heterocycles. The van der Waals surface area contributed by atoms with Crippen molar-refractivity contribution in [3.8, 4) is 0 Å². The fourth-order valence-electron chi connectivity index (χ4n) is 2.54. The average molecular weight is 326 g/mol. The summed E-state index contributed by atoms with van der Waals surface area (Å²) in [5.41, 5.74) is 3.53. The van der Waals surface area contributed by atoms with Gasteiger partial charge in [-0.1, -0.05) is 12.5 Å². The van der Waals surface area contributed by atoms with Crippen molar-refractivity contribution in [2.75, 3.05) is 6.54 Å². The highest BCUT2D eigenvalue weighted by Gasteiger charge is 2.36. The highest BCUT2D eigenvalue weighted by Crippen LogP contribution is 2.25. The minimum Gasteiger partial charge on any atom is -0.442 e. The van der Waals surface area contributed by atoms with E-state index in [0.29, 0.717) is 32.2 Å². The number of nitrogens with one attached hydrogen (secondary N) is 1. The van der Waals surface area contributed by atoms with Crippen LogP contribution in [0.5, 0.6) is 0 Å². The Hall–Kier alpha value is -1.89. The van der Waals surface area contributed by atoms with Gasteiger partial charge in [0, 0.05) is 13.0 Å². The fraction of sp³-hybridized carbons (Fsp3) is 0.688. The molecule has 2 amide bonds. The molecule has 1 rings (SSSR count). The van der Waals surface area contributed by atoms with E-state index in [4.69, 9.17) is 10.5 Å². The molecular formula is C16H26N2O5. The molecule has 0 radical (unpaired) electrons. The van der Waals surface area contributed by atoms with Gasteiger partial charge in [0.05, 0.1) is 0 Å². The summed E-state index contributed by atoms with van der Waals surface area (Å²) in [7, 11) is 0. The highest BCUT2D eigenvalue weighted by molar-refractivity contribution is 5.84. The smallest absolute Gasteiger partial charge is 0.405 e. The van der Waals surface area contributed by atoms with Gasteiger partial charge in [0.25, 0.3) is 5.91 Å². The van der Waals surface area contributed by atoms with Crippen LogP contribution in [0.15, 0.2) is 12.2 Å². The number of unbranched alkanes of at least 4 members (excludes halogenated alkanes) is 3. The Labute approximate surface area is 136 Å². The average Bonchev–Trinajstić information content (AvgIpc) is 2.49. The molecule has 130 valence electrons. The first-order valence-corrected chi connectivity index (χ1v) is 8.05. The van der Waals surface area contributed by atoms with Crippen molar-refractivity contribution >= 4 is 18.3 Å². The van der Waals surface area contributed by atoms with E-state index in [2.05, 4.69) is 5.32 Å². The van der Waals surface area contributed by atoms with Crippen LogP contribution in [-0.4, -0.2) is 41.6 Å². The van der Waals surface area contributed by atoms with Gasteiger partial charge in [0.15, 0.2) is 0 Å². The normalized spacial score (nSPS) is 25.7. The summed E-state index contributed by atoms with van der Waals surface area (Å²) >= 11 is 0. The maximum atomic E-state index is 12.2. The van der Waals surface area contributed by atoms with E-state index in [9.17, 15) is 19.5 Å². The van der Waals surface area contributed by atoms with Crippen LogP contribution in [0, 0.1) is 0 Å². The van der Waals surface area contributed by atoms with E-state index in [1.807, 2.05) is 0 Å². The van der Waals surface area contributed by atoms with Crippen LogP contribution >= 0.6 is 0 Å². The monoisotopic (exact) mass is 326 g/mol. The third-order valence-corrected chi connectivity index (χ3v) is 3.89. The van der Waals surface area contributed by atoms with Gasteiger partial charge in [-0.25, -0.2) is 4.79 Å². The molecule has 2 atom stereocenters. The lowest BCUT2D eigenvalue weighted by Gasteiger charge is -2.29. The lowest BCUT2D eigenvalue weighted by Crippen LogP contribution is -2.48. The Morgan fingerprint density at radius 2 is 2.13 bits per heavy atom. The summed E-state index contributed by atoms with van der Waals surface area (Å²) in [6.45, 7) is 0.469. The second-order valence-corrected chi connectivity index (χ2v) is 5.78. The molecule has 23 heavy (non-hydrogen) atoms. The summed E-state index contributed by atoms with van der Waals surface area (Å²) in [5, 5.41) is 13.3. The molecule has 7 nitrogen and oxygen atoms in total. The molecule has 0 saturated heterocycles. The van der Waals surface area contributed by atoms with Crippen molar-refractivity contribution in [1.82, 2.24) is 5.32 Å². The molecule has 0 aromatic carbocycles. The molecule has 0 aromatic rings. The number of nitrogens with two attached hydrogens (primary N) is 1. The largest absolute Gasteiger partial charge is 0.442 e. The van der Waals surface area contributed by atoms with Crippen molar-refractivity contribution < 1.29 is 24.2 Å². The Morgan fingerprint density at radius 1 is 1.35 bits per heavy atom. The molecule has 0 spiro atoms. The predicted molar refractivity (Wildman–Crippen MR) is 84.6 cm³/mol. The van der Waals surface area contributed by atoms with Gasteiger partial charge in [0.1, 0.15) is 18.0 Å². The summed E-state index contributed by atoms with van der Waals surface area (Å²) in [6.07, 6.45) is 7.34. The first-order valence-electron chi connectivity index (χ1n) is 8.05. The molecule has 1 aliphatic rings. The zero-order valence-corrected chi connectivity index (χ0v) is 13.3. The number of amides is 2. The maximum Gasteiger partial charge on any atom is 0.405 e. The van der Waals surface area contributed by atoms with Crippen molar-refractivity contribution in [1.29, 1.82) is 0 Å². The van der Waals surface area contributed by atoms with Crippen LogP contribution in [0.25, 0.3) is 0 Å². The van der Waals surface area contributed by atoms with E-state index < -0.39 is 23.7 Å². The zero-order chi connectivity index (χ0) is 17.1. The lowest BCUT2D eigenvalue weighted by molar-refractivity contribution is -0.141. The van der Waals surface area contributed by atoms with Crippen molar-refractivity contribution in [2.45, 2.75) is 63.1 Å². The Balaban J connectivity index is 2.43. The van der Waals surface area contributed by atoms with Crippen molar-refractivity contribution in [3.05, 3.63) is 12.2 Å². The number of hydrogen-bond donors (Lipinski definition) is 3. The van der Waals surface area contributed by atoms with Crippen LogP contribution in [0.2, 0.25) is 0 Å². The first kappa shape index (κ1) is 19.2. The number of carbonyl (C=O) groups excluding carboxylic acids is 3. The second kappa shape index (κ2) is 9.99. The van der Waals surface area contributed by atoms with Gasteiger partial charge in [-0.2, -0.15) is 0 Å². The summed E-state index contributed by atoms with van der Waals surface area (Å²) in [6, 6.07) is 0. The van der Waals surface area contributed by atoms with Crippen LogP contribution in [0.1, 0.15) is 51.4 Å². The second-order valence-electron chi connectivity index (χ2n) is 5.78. The molecular weight excluding hydrogens is 300 g/mol. The zero-order valence-electron chi connectivity index (χ0n) is 13.3. The number of ether oxygens (including phenoxy) is 1. The molecule has 0 bridgehead atoms. The number of rotatable bonds is 8. The molecule has 1 aliphatic carbocycles. The van der Waals surface area contributed by atoms with Gasteiger partial charge in [0.2, 0.25) is 0 Å². The van der Waals surface area contributed by atoms with Crippen molar-refractivity contribution in [2.24, 2.45) is 5.73 Å². The molecule has 7 heteroatoms. The van der Waals surface area contributed by atoms with Crippen LogP contribution < -0.4 is 11.1 Å². The molecule has 1 unspecified atom stereocenters. The third-order valence-electron chi connectivity index (χ3n) is 3.89. The van der Waals surface area contributed by atoms with Crippen LogP contribution in [0.4, 0.5) is 4.79 Å². The van der Waals surface area contributed by atoms with Gasteiger partial charge >= 0.3 is 6.09 Å². The first-order chi connectivity index (χ1) is 11.0. The van der Waals surface area contributed by atoms with E-state index >= 15 is 0 Å².